The van der Waals surface area contributed by atoms with Crippen LogP contribution >= 0.6 is 0 Å². The van der Waals surface area contributed by atoms with Crippen molar-refractivity contribution in [3.8, 4) is 0 Å². The Morgan fingerprint density at radius 3 is 2.53 bits per heavy atom. The van der Waals surface area contributed by atoms with Crippen molar-refractivity contribution in [2.75, 3.05) is 26.0 Å². The SMILES string of the molecule is CC(CN(C)C)Nc1ccc([N+](=O)[O-])cc1C(F)F. The van der Waals surface area contributed by atoms with E-state index in [1.807, 2.05) is 25.9 Å². The van der Waals surface area contributed by atoms with Crippen molar-refractivity contribution in [2.24, 2.45) is 0 Å². The number of anilines is 1. The summed E-state index contributed by atoms with van der Waals surface area (Å²) in [4.78, 5) is 11.8. The summed E-state index contributed by atoms with van der Waals surface area (Å²) in [6.07, 6.45) is -2.76. The number of rotatable bonds is 6. The molecule has 7 heteroatoms. The maximum Gasteiger partial charge on any atom is 0.270 e. The summed E-state index contributed by atoms with van der Waals surface area (Å²) in [6.45, 7) is 2.52. The lowest BCUT2D eigenvalue weighted by Gasteiger charge is -2.21. The van der Waals surface area contributed by atoms with Crippen molar-refractivity contribution >= 4 is 11.4 Å². The van der Waals surface area contributed by atoms with Crippen LogP contribution in [0.2, 0.25) is 0 Å². The maximum atomic E-state index is 12.9. The number of alkyl halides is 2. The molecule has 0 spiro atoms. The van der Waals surface area contributed by atoms with E-state index in [1.54, 1.807) is 0 Å². The molecule has 0 fully saturated rings. The van der Waals surface area contributed by atoms with Crippen LogP contribution in [-0.2, 0) is 0 Å². The molecule has 5 nitrogen and oxygen atoms in total. The van der Waals surface area contributed by atoms with Crippen LogP contribution in [0.25, 0.3) is 0 Å². The zero-order chi connectivity index (χ0) is 14.6. The number of nitro groups is 1. The average molecular weight is 273 g/mol. The highest BCUT2D eigenvalue weighted by Gasteiger charge is 2.19. The smallest absolute Gasteiger partial charge is 0.270 e. The lowest BCUT2D eigenvalue weighted by Crippen LogP contribution is -2.30. The topological polar surface area (TPSA) is 58.4 Å². The van der Waals surface area contributed by atoms with Crippen molar-refractivity contribution in [3.05, 3.63) is 33.9 Å². The van der Waals surface area contributed by atoms with Gasteiger partial charge >= 0.3 is 0 Å². The van der Waals surface area contributed by atoms with Crippen LogP contribution in [0, 0.1) is 10.1 Å². The van der Waals surface area contributed by atoms with E-state index in [4.69, 9.17) is 0 Å². The minimum Gasteiger partial charge on any atom is -0.381 e. The summed E-state index contributed by atoms with van der Waals surface area (Å²) < 4.78 is 25.8. The third-order valence-electron chi connectivity index (χ3n) is 2.52. The fourth-order valence-electron chi connectivity index (χ4n) is 1.83. The van der Waals surface area contributed by atoms with Crippen LogP contribution in [0.1, 0.15) is 18.9 Å². The Balaban J connectivity index is 2.97. The first-order valence-corrected chi connectivity index (χ1v) is 5.79. The zero-order valence-corrected chi connectivity index (χ0v) is 11.1. The Morgan fingerprint density at radius 2 is 2.05 bits per heavy atom. The minimum atomic E-state index is -2.76. The molecule has 0 saturated heterocycles. The van der Waals surface area contributed by atoms with Gasteiger partial charge in [0.15, 0.2) is 0 Å². The number of hydrogen-bond donors (Lipinski definition) is 1. The summed E-state index contributed by atoms with van der Waals surface area (Å²) >= 11 is 0. The fraction of sp³-hybridized carbons (Fsp3) is 0.500. The Labute approximate surface area is 110 Å². The van der Waals surface area contributed by atoms with Crippen molar-refractivity contribution in [1.29, 1.82) is 0 Å². The summed E-state index contributed by atoms with van der Waals surface area (Å²) in [5.74, 6) is 0. The maximum absolute atomic E-state index is 12.9. The number of nitrogens with zero attached hydrogens (tertiary/aromatic N) is 2. The molecule has 1 rings (SSSR count). The molecule has 1 unspecified atom stereocenters. The van der Waals surface area contributed by atoms with Crippen molar-refractivity contribution in [2.45, 2.75) is 19.4 Å². The van der Waals surface area contributed by atoms with E-state index in [0.717, 1.165) is 6.07 Å². The third-order valence-corrected chi connectivity index (χ3v) is 2.52. The van der Waals surface area contributed by atoms with E-state index in [0.29, 0.717) is 6.54 Å². The molecule has 0 aliphatic carbocycles. The van der Waals surface area contributed by atoms with Gasteiger partial charge in [0, 0.05) is 36.0 Å². The van der Waals surface area contributed by atoms with Crippen LogP contribution in [0.4, 0.5) is 20.2 Å². The van der Waals surface area contributed by atoms with Gasteiger partial charge in [-0.2, -0.15) is 0 Å². The van der Waals surface area contributed by atoms with Gasteiger partial charge in [0.25, 0.3) is 12.1 Å². The monoisotopic (exact) mass is 273 g/mol. The molecule has 0 heterocycles. The molecular weight excluding hydrogens is 256 g/mol. The average Bonchev–Trinajstić information content (AvgIpc) is 2.27. The quantitative estimate of drug-likeness (QED) is 0.639. The number of benzene rings is 1. The Hall–Kier alpha value is -1.76. The molecule has 0 saturated carbocycles. The summed E-state index contributed by atoms with van der Waals surface area (Å²) in [6, 6.07) is 3.41. The van der Waals surface area contributed by atoms with Crippen molar-refractivity contribution in [3.63, 3.8) is 0 Å². The highest BCUT2D eigenvalue weighted by atomic mass is 19.3. The van der Waals surface area contributed by atoms with Crippen LogP contribution in [0.15, 0.2) is 18.2 Å². The zero-order valence-electron chi connectivity index (χ0n) is 11.1. The highest BCUT2D eigenvalue weighted by Crippen LogP contribution is 2.31. The predicted molar refractivity (Wildman–Crippen MR) is 69.7 cm³/mol. The second kappa shape index (κ2) is 6.42. The van der Waals surface area contributed by atoms with Gasteiger partial charge in [-0.15, -0.1) is 0 Å². The number of non-ortho nitro benzene ring substituents is 1. The number of halogens is 2. The van der Waals surface area contributed by atoms with E-state index in [2.05, 4.69) is 5.32 Å². The van der Waals surface area contributed by atoms with Crippen molar-refractivity contribution in [1.82, 2.24) is 4.90 Å². The molecule has 1 aromatic carbocycles. The molecule has 1 N–H and O–H groups in total. The number of nitrogens with one attached hydrogen (secondary N) is 1. The largest absolute Gasteiger partial charge is 0.381 e. The predicted octanol–water partition coefficient (Wildman–Crippen LogP) is 2.89. The number of hydrogen-bond acceptors (Lipinski definition) is 4. The lowest BCUT2D eigenvalue weighted by atomic mass is 10.1. The Bertz CT molecular complexity index is 453. The Morgan fingerprint density at radius 1 is 1.42 bits per heavy atom. The standard InChI is InChI=1S/C12H17F2N3O2/c1-8(7-16(2)3)15-11-5-4-9(17(18)19)6-10(11)12(13)14/h4-6,8,12,15H,7H2,1-3H3. The molecule has 0 radical (unpaired) electrons. The van der Waals surface area contributed by atoms with E-state index < -0.39 is 11.3 Å². The highest BCUT2D eigenvalue weighted by molar-refractivity contribution is 5.57. The van der Waals surface area contributed by atoms with Gasteiger partial charge in [-0.3, -0.25) is 10.1 Å². The lowest BCUT2D eigenvalue weighted by molar-refractivity contribution is -0.385. The molecule has 1 aromatic rings. The van der Waals surface area contributed by atoms with Crippen LogP contribution in [-0.4, -0.2) is 36.5 Å². The molecule has 1 atom stereocenters. The first-order valence-electron chi connectivity index (χ1n) is 5.79. The van der Waals surface area contributed by atoms with Crippen molar-refractivity contribution < 1.29 is 13.7 Å². The molecular formula is C12H17F2N3O2. The number of nitro benzene ring substituents is 1. The van der Waals surface area contributed by atoms with E-state index in [-0.39, 0.29) is 23.0 Å². The molecule has 0 aliphatic heterocycles. The van der Waals surface area contributed by atoms with Gasteiger partial charge < -0.3 is 10.2 Å². The summed E-state index contributed by atoms with van der Waals surface area (Å²) in [7, 11) is 3.75. The molecule has 106 valence electrons. The fourth-order valence-corrected chi connectivity index (χ4v) is 1.83. The van der Waals surface area contributed by atoms with Gasteiger partial charge in [-0.25, -0.2) is 8.78 Å². The molecule has 0 bridgehead atoms. The van der Waals surface area contributed by atoms with Gasteiger partial charge in [0.2, 0.25) is 0 Å². The normalized spacial score (nSPS) is 12.8. The van der Waals surface area contributed by atoms with Gasteiger partial charge in [0.1, 0.15) is 0 Å². The minimum absolute atomic E-state index is 0.0473. The summed E-state index contributed by atoms with van der Waals surface area (Å²) in [5, 5.41) is 13.5. The number of likely N-dealkylation sites (N-methyl/N-ethyl adjacent to an activating group) is 1. The van der Waals surface area contributed by atoms with Gasteiger partial charge in [0.05, 0.1) is 4.92 Å². The second-order valence-electron chi connectivity index (χ2n) is 4.64. The van der Waals surface area contributed by atoms with E-state index >= 15 is 0 Å². The second-order valence-corrected chi connectivity index (χ2v) is 4.64. The van der Waals surface area contributed by atoms with Crippen LogP contribution < -0.4 is 5.32 Å². The molecule has 0 amide bonds. The summed E-state index contributed by atoms with van der Waals surface area (Å²) in [5.41, 5.74) is -0.448. The first kappa shape index (κ1) is 15.3. The van der Waals surface area contributed by atoms with Gasteiger partial charge in [-0.05, 0) is 27.1 Å². The van der Waals surface area contributed by atoms with E-state index in [9.17, 15) is 18.9 Å². The van der Waals surface area contributed by atoms with Crippen LogP contribution in [0.3, 0.4) is 0 Å². The first-order chi connectivity index (χ1) is 8.81. The Kier molecular flexibility index (Phi) is 5.17. The van der Waals surface area contributed by atoms with Crippen LogP contribution in [0.5, 0.6) is 0 Å². The molecule has 0 aliphatic rings. The van der Waals surface area contributed by atoms with E-state index in [1.165, 1.54) is 12.1 Å². The molecule has 0 aromatic heterocycles. The molecule has 19 heavy (non-hydrogen) atoms. The van der Waals surface area contributed by atoms with Gasteiger partial charge in [-0.1, -0.05) is 0 Å². The third kappa shape index (κ3) is 4.44.